The second-order valence-electron chi connectivity index (χ2n) is 8.81. The van der Waals surface area contributed by atoms with Gasteiger partial charge in [0.2, 0.25) is 15.9 Å². The highest BCUT2D eigenvalue weighted by Gasteiger charge is 2.19. The van der Waals surface area contributed by atoms with Crippen molar-refractivity contribution in [2.45, 2.75) is 27.3 Å². The van der Waals surface area contributed by atoms with Crippen LogP contribution in [0, 0.1) is 13.8 Å². The minimum Gasteiger partial charge on any atom is -0.492 e. The van der Waals surface area contributed by atoms with Crippen molar-refractivity contribution in [3.8, 4) is 17.0 Å². The maximum absolute atomic E-state index is 12.5. The first-order valence-electron chi connectivity index (χ1n) is 11.4. The standard InChI is InChI=1S/C26H27N5O3S/c1-5-35(33,34)29-23-11-19(22-15-30(4)25-20(22)9-10-27-26(25)32)12-24-21(23)13-28-31(24)14-18-8-6-7-16(2)17(18)3/h6-13,15,29H,5,14H2,1-4H3,(H,27,32). The summed E-state index contributed by atoms with van der Waals surface area (Å²) in [6.45, 7) is 6.34. The number of hydrogen-bond acceptors (Lipinski definition) is 5. The van der Waals surface area contributed by atoms with Gasteiger partial charge in [-0.25, -0.2) is 13.4 Å². The normalized spacial score (nSPS) is 12.0. The first kappa shape index (κ1) is 22.9. The van der Waals surface area contributed by atoms with Crippen LogP contribution in [0.3, 0.4) is 0 Å². The van der Waals surface area contributed by atoms with Crippen LogP contribution < -0.4 is 4.72 Å². The Hall–Kier alpha value is -3.85. The average molecular weight is 490 g/mol. The summed E-state index contributed by atoms with van der Waals surface area (Å²) < 4.78 is 31.5. The minimum atomic E-state index is -3.51. The van der Waals surface area contributed by atoms with Gasteiger partial charge >= 0.3 is 0 Å². The first-order chi connectivity index (χ1) is 16.7. The molecule has 5 rings (SSSR count). The van der Waals surface area contributed by atoms with Crippen LogP contribution >= 0.6 is 0 Å². The van der Waals surface area contributed by atoms with Gasteiger partial charge in [-0.3, -0.25) is 9.40 Å². The van der Waals surface area contributed by atoms with Crippen molar-refractivity contribution in [1.29, 1.82) is 0 Å². The third kappa shape index (κ3) is 4.01. The van der Waals surface area contributed by atoms with Crippen LogP contribution in [-0.2, 0) is 23.6 Å². The molecule has 0 fully saturated rings. The molecule has 0 radical (unpaired) electrons. The van der Waals surface area contributed by atoms with Crippen LogP contribution in [0.1, 0.15) is 23.6 Å². The largest absolute Gasteiger partial charge is 0.492 e. The number of aryl methyl sites for hydroxylation is 2. The fraction of sp³-hybridized carbons (Fsp3) is 0.231. The summed E-state index contributed by atoms with van der Waals surface area (Å²) in [6, 6.07) is 11.9. The van der Waals surface area contributed by atoms with Crippen LogP contribution in [-0.4, -0.2) is 38.6 Å². The average Bonchev–Trinajstić information content (AvgIpc) is 3.38. The number of pyridine rings is 1. The van der Waals surface area contributed by atoms with Gasteiger partial charge in [-0.1, -0.05) is 18.2 Å². The number of anilines is 1. The van der Waals surface area contributed by atoms with Gasteiger partial charge in [0.1, 0.15) is 5.52 Å². The fourth-order valence-corrected chi connectivity index (χ4v) is 5.14. The maximum atomic E-state index is 12.5. The molecule has 0 saturated carbocycles. The summed E-state index contributed by atoms with van der Waals surface area (Å²) in [5.41, 5.74) is 7.13. The lowest BCUT2D eigenvalue weighted by molar-refractivity contribution is 0.457. The number of aromatic nitrogens is 4. The van der Waals surface area contributed by atoms with Crippen LogP contribution in [0.25, 0.3) is 32.9 Å². The molecular weight excluding hydrogens is 462 g/mol. The van der Waals surface area contributed by atoms with Gasteiger partial charge in [-0.15, -0.1) is 0 Å². The van der Waals surface area contributed by atoms with E-state index in [9.17, 15) is 13.5 Å². The van der Waals surface area contributed by atoms with Gasteiger partial charge in [-0.05, 0) is 61.2 Å². The Morgan fingerprint density at radius 3 is 2.69 bits per heavy atom. The molecule has 0 aliphatic heterocycles. The van der Waals surface area contributed by atoms with Gasteiger partial charge in [-0.2, -0.15) is 5.10 Å². The molecule has 0 saturated heterocycles. The van der Waals surface area contributed by atoms with Gasteiger partial charge in [0, 0.05) is 35.8 Å². The number of hydrogen-bond donors (Lipinski definition) is 2. The van der Waals surface area contributed by atoms with E-state index >= 15 is 0 Å². The van der Waals surface area contributed by atoms with E-state index in [4.69, 9.17) is 0 Å². The minimum absolute atomic E-state index is 0.0385. The monoisotopic (exact) mass is 489 g/mol. The Bertz CT molecular complexity index is 1700. The molecule has 2 aromatic carbocycles. The van der Waals surface area contributed by atoms with Crippen molar-refractivity contribution in [3.05, 3.63) is 71.7 Å². The van der Waals surface area contributed by atoms with Gasteiger partial charge in [0.15, 0.2) is 0 Å². The lowest BCUT2D eigenvalue weighted by atomic mass is 10.0. The van der Waals surface area contributed by atoms with E-state index in [1.54, 1.807) is 19.3 Å². The molecule has 2 N–H and O–H groups in total. The van der Waals surface area contributed by atoms with Crippen LogP contribution in [0.4, 0.5) is 5.69 Å². The van der Waals surface area contributed by atoms with Crippen LogP contribution in [0.15, 0.2) is 55.0 Å². The Morgan fingerprint density at radius 1 is 1.11 bits per heavy atom. The zero-order valence-electron chi connectivity index (χ0n) is 20.1. The Morgan fingerprint density at radius 2 is 1.91 bits per heavy atom. The van der Waals surface area contributed by atoms with Crippen LogP contribution in [0.2, 0.25) is 0 Å². The number of nitrogens with zero attached hydrogens (tertiary/aromatic N) is 4. The van der Waals surface area contributed by atoms with Gasteiger partial charge in [0.25, 0.3) is 0 Å². The summed E-state index contributed by atoms with van der Waals surface area (Å²) in [7, 11) is -1.67. The second-order valence-corrected chi connectivity index (χ2v) is 10.8. The third-order valence-corrected chi connectivity index (χ3v) is 7.92. The lowest BCUT2D eigenvalue weighted by Crippen LogP contribution is -2.14. The predicted molar refractivity (Wildman–Crippen MR) is 139 cm³/mol. The Kier molecular flexibility index (Phi) is 5.52. The molecule has 35 heavy (non-hydrogen) atoms. The molecule has 0 amide bonds. The Balaban J connectivity index is 1.74. The molecule has 3 aromatic heterocycles. The zero-order chi connectivity index (χ0) is 24.9. The third-order valence-electron chi connectivity index (χ3n) is 6.63. The number of rotatable bonds is 6. The van der Waals surface area contributed by atoms with E-state index in [0.29, 0.717) is 17.7 Å². The second kappa shape index (κ2) is 8.42. The SMILES string of the molecule is CCS(=O)(=O)Nc1cc(-c2cn(C)c3c(O)nccc23)cc2c1cnn2Cc1cccc(C)c1C. The van der Waals surface area contributed by atoms with Crippen molar-refractivity contribution in [3.63, 3.8) is 0 Å². The first-order valence-corrected chi connectivity index (χ1v) is 13.0. The molecule has 8 nitrogen and oxygen atoms in total. The lowest BCUT2D eigenvalue weighted by Gasteiger charge is -2.13. The molecule has 0 unspecified atom stereocenters. The summed E-state index contributed by atoms with van der Waals surface area (Å²) >= 11 is 0. The molecule has 9 heteroatoms. The number of aromatic hydroxyl groups is 1. The smallest absolute Gasteiger partial charge is 0.236 e. The predicted octanol–water partition coefficient (Wildman–Crippen LogP) is 4.72. The van der Waals surface area contributed by atoms with Crippen molar-refractivity contribution < 1.29 is 13.5 Å². The molecule has 0 bridgehead atoms. The van der Waals surface area contributed by atoms with Gasteiger partial charge in [0.05, 0.1) is 29.7 Å². The highest BCUT2D eigenvalue weighted by molar-refractivity contribution is 7.92. The molecular formula is C26H27N5O3S. The number of fused-ring (bicyclic) bond motifs is 2. The van der Waals surface area contributed by atoms with Crippen molar-refractivity contribution >= 4 is 37.5 Å². The van der Waals surface area contributed by atoms with Crippen molar-refractivity contribution in [2.75, 3.05) is 10.5 Å². The molecule has 5 aromatic rings. The van der Waals surface area contributed by atoms with Crippen molar-refractivity contribution in [1.82, 2.24) is 19.3 Å². The molecule has 180 valence electrons. The summed E-state index contributed by atoms with van der Waals surface area (Å²) in [5, 5.41) is 16.5. The fourth-order valence-electron chi connectivity index (χ4n) is 4.49. The summed E-state index contributed by atoms with van der Waals surface area (Å²) in [5.74, 6) is -0.0902. The molecule has 0 aliphatic carbocycles. The molecule has 0 aliphatic rings. The topological polar surface area (TPSA) is 102 Å². The maximum Gasteiger partial charge on any atom is 0.236 e. The number of sulfonamides is 1. The highest BCUT2D eigenvalue weighted by atomic mass is 32.2. The highest BCUT2D eigenvalue weighted by Crippen LogP contribution is 2.37. The van der Waals surface area contributed by atoms with E-state index in [1.807, 2.05) is 46.8 Å². The zero-order valence-corrected chi connectivity index (χ0v) is 20.9. The van der Waals surface area contributed by atoms with Crippen molar-refractivity contribution in [2.24, 2.45) is 7.05 Å². The number of nitrogens with one attached hydrogen (secondary N) is 1. The van der Waals surface area contributed by atoms with Gasteiger partial charge < -0.3 is 9.67 Å². The molecule has 0 spiro atoms. The molecule has 0 atom stereocenters. The van der Waals surface area contributed by atoms with E-state index in [2.05, 4.69) is 40.8 Å². The van der Waals surface area contributed by atoms with E-state index < -0.39 is 10.0 Å². The Labute approximate surface area is 203 Å². The van der Waals surface area contributed by atoms with Crippen LogP contribution in [0.5, 0.6) is 5.88 Å². The summed E-state index contributed by atoms with van der Waals surface area (Å²) in [4.78, 5) is 4.00. The van der Waals surface area contributed by atoms with E-state index in [0.717, 1.165) is 33.0 Å². The quantitative estimate of drug-likeness (QED) is 0.359. The summed E-state index contributed by atoms with van der Waals surface area (Å²) in [6.07, 6.45) is 5.18. The molecule has 3 heterocycles. The van der Waals surface area contributed by atoms with E-state index in [1.165, 1.54) is 11.1 Å². The number of benzene rings is 2. The van der Waals surface area contributed by atoms with E-state index in [-0.39, 0.29) is 11.6 Å².